The zero-order valence-electron chi connectivity index (χ0n) is 12.8. The van der Waals surface area contributed by atoms with Crippen LogP contribution in [0.25, 0.3) is 0 Å². The average molecular weight is 330 g/mol. The quantitative estimate of drug-likeness (QED) is 0.605. The monoisotopic (exact) mass is 329 g/mol. The van der Waals surface area contributed by atoms with Crippen LogP contribution in [0.15, 0.2) is 0 Å². The second-order valence-corrected chi connectivity index (χ2v) is 6.79. The molecule has 0 heterocycles. The third kappa shape index (κ3) is 8.04. The molecule has 3 N–H and O–H groups in total. The van der Waals surface area contributed by atoms with Crippen LogP contribution in [0.3, 0.4) is 0 Å². The van der Waals surface area contributed by atoms with Gasteiger partial charge in [-0.25, -0.2) is 12.7 Å². The Balaban J connectivity index is 0. The highest BCUT2D eigenvalue weighted by molar-refractivity contribution is 7.88. The molecule has 1 amide bonds. The molecule has 6 nitrogen and oxygen atoms in total. The van der Waals surface area contributed by atoms with Crippen molar-refractivity contribution >= 4 is 28.3 Å². The van der Waals surface area contributed by atoms with Crippen molar-refractivity contribution in [3.63, 3.8) is 0 Å². The third-order valence-electron chi connectivity index (χ3n) is 3.26. The summed E-state index contributed by atoms with van der Waals surface area (Å²) in [5.41, 5.74) is 5.79. The van der Waals surface area contributed by atoms with Gasteiger partial charge in [0.15, 0.2) is 0 Å². The zero-order valence-corrected chi connectivity index (χ0v) is 14.4. The lowest BCUT2D eigenvalue weighted by Gasteiger charge is -2.19. The van der Waals surface area contributed by atoms with Crippen LogP contribution < -0.4 is 11.1 Å². The SMILES string of the molecule is CCC(C)C(N)C(=O)NCCCN(CC)S(C)(=O)=O.Cl. The van der Waals surface area contributed by atoms with Crippen LogP contribution in [0.4, 0.5) is 0 Å². The number of nitrogens with one attached hydrogen (secondary N) is 1. The fourth-order valence-electron chi connectivity index (χ4n) is 1.66. The Morgan fingerprint density at radius 2 is 1.90 bits per heavy atom. The number of rotatable bonds is 9. The molecule has 0 saturated carbocycles. The predicted octanol–water partition coefficient (Wildman–Crippen LogP) is 0.569. The summed E-state index contributed by atoms with van der Waals surface area (Å²) >= 11 is 0. The van der Waals surface area contributed by atoms with Gasteiger partial charge in [0.25, 0.3) is 0 Å². The first-order valence-corrected chi connectivity index (χ1v) is 8.57. The molecule has 0 rings (SSSR count). The maximum absolute atomic E-state index is 11.7. The second kappa shape index (κ2) is 10.4. The molecular formula is C12H28ClN3O3S. The molecule has 20 heavy (non-hydrogen) atoms. The van der Waals surface area contributed by atoms with Gasteiger partial charge in [-0.3, -0.25) is 4.79 Å². The topological polar surface area (TPSA) is 92.5 Å². The number of halogens is 1. The normalized spacial score (nSPS) is 14.5. The van der Waals surface area contributed by atoms with Gasteiger partial charge < -0.3 is 11.1 Å². The summed E-state index contributed by atoms with van der Waals surface area (Å²) in [7, 11) is -3.15. The molecule has 0 aliphatic rings. The summed E-state index contributed by atoms with van der Waals surface area (Å²) in [4.78, 5) is 11.7. The van der Waals surface area contributed by atoms with E-state index >= 15 is 0 Å². The number of amides is 1. The molecule has 0 aromatic rings. The van der Waals surface area contributed by atoms with Crippen molar-refractivity contribution in [2.24, 2.45) is 11.7 Å². The van der Waals surface area contributed by atoms with Gasteiger partial charge in [0.2, 0.25) is 15.9 Å². The molecule has 0 spiro atoms. The standard InChI is InChI=1S/C12H27N3O3S.ClH/c1-5-10(3)11(13)12(16)14-8-7-9-15(6-2)19(4,17)18;/h10-11H,5-9,13H2,1-4H3,(H,14,16);1H. The number of sulfonamides is 1. The number of nitrogens with two attached hydrogens (primary N) is 1. The van der Waals surface area contributed by atoms with E-state index in [0.29, 0.717) is 26.1 Å². The second-order valence-electron chi connectivity index (χ2n) is 4.81. The molecule has 0 radical (unpaired) electrons. The molecule has 0 saturated heterocycles. The van der Waals surface area contributed by atoms with Crippen LogP contribution in [0, 0.1) is 5.92 Å². The van der Waals surface area contributed by atoms with Crippen LogP contribution in [-0.2, 0) is 14.8 Å². The maximum atomic E-state index is 11.7. The molecule has 0 bridgehead atoms. The Kier molecular flexibility index (Phi) is 11.4. The number of hydrogen-bond donors (Lipinski definition) is 2. The summed E-state index contributed by atoms with van der Waals surface area (Å²) < 4.78 is 24.1. The van der Waals surface area contributed by atoms with Gasteiger partial charge in [-0.15, -0.1) is 12.4 Å². The first-order valence-electron chi connectivity index (χ1n) is 6.72. The van der Waals surface area contributed by atoms with Crippen molar-refractivity contribution in [3.8, 4) is 0 Å². The summed E-state index contributed by atoms with van der Waals surface area (Å²) in [6.07, 6.45) is 2.63. The van der Waals surface area contributed by atoms with Crippen molar-refractivity contribution in [1.82, 2.24) is 9.62 Å². The molecule has 122 valence electrons. The lowest BCUT2D eigenvalue weighted by Crippen LogP contribution is -2.45. The van der Waals surface area contributed by atoms with Crippen LogP contribution in [0.1, 0.15) is 33.6 Å². The van der Waals surface area contributed by atoms with E-state index in [1.54, 1.807) is 6.92 Å². The fourth-order valence-corrected chi connectivity index (χ4v) is 2.59. The average Bonchev–Trinajstić information content (AvgIpc) is 2.34. The Bertz CT molecular complexity index is 376. The highest BCUT2D eigenvalue weighted by Gasteiger charge is 2.19. The minimum atomic E-state index is -3.15. The van der Waals surface area contributed by atoms with Gasteiger partial charge in [0.1, 0.15) is 0 Å². The van der Waals surface area contributed by atoms with Crippen molar-refractivity contribution < 1.29 is 13.2 Å². The smallest absolute Gasteiger partial charge is 0.237 e. The predicted molar refractivity (Wildman–Crippen MR) is 84.4 cm³/mol. The Labute approximate surface area is 128 Å². The Morgan fingerprint density at radius 1 is 1.35 bits per heavy atom. The van der Waals surface area contributed by atoms with Crippen LogP contribution >= 0.6 is 12.4 Å². The highest BCUT2D eigenvalue weighted by atomic mass is 35.5. The summed E-state index contributed by atoms with van der Waals surface area (Å²) in [6.45, 7) is 7.01. The molecule has 0 aliphatic carbocycles. The van der Waals surface area contributed by atoms with E-state index in [4.69, 9.17) is 5.73 Å². The van der Waals surface area contributed by atoms with Crippen molar-refractivity contribution in [3.05, 3.63) is 0 Å². The lowest BCUT2D eigenvalue weighted by atomic mass is 9.99. The van der Waals surface area contributed by atoms with Gasteiger partial charge in [-0.05, 0) is 12.3 Å². The first-order chi connectivity index (χ1) is 8.73. The van der Waals surface area contributed by atoms with E-state index in [9.17, 15) is 13.2 Å². The minimum Gasteiger partial charge on any atom is -0.355 e. The molecule has 2 unspecified atom stereocenters. The van der Waals surface area contributed by atoms with E-state index in [2.05, 4.69) is 5.32 Å². The molecule has 2 atom stereocenters. The van der Waals surface area contributed by atoms with E-state index in [1.165, 1.54) is 10.6 Å². The fraction of sp³-hybridized carbons (Fsp3) is 0.917. The molecule has 0 fully saturated rings. The molecule has 0 aromatic carbocycles. The summed E-state index contributed by atoms with van der Waals surface area (Å²) in [5.74, 6) is -0.0279. The van der Waals surface area contributed by atoms with Crippen molar-refractivity contribution in [1.29, 1.82) is 0 Å². The van der Waals surface area contributed by atoms with E-state index < -0.39 is 16.1 Å². The van der Waals surface area contributed by atoms with Crippen LogP contribution in [0.2, 0.25) is 0 Å². The van der Waals surface area contributed by atoms with Gasteiger partial charge in [0, 0.05) is 19.6 Å². The Morgan fingerprint density at radius 3 is 2.30 bits per heavy atom. The molecule has 0 aliphatic heterocycles. The van der Waals surface area contributed by atoms with E-state index in [0.717, 1.165) is 6.42 Å². The first kappa shape index (κ1) is 21.9. The minimum absolute atomic E-state index is 0. The zero-order chi connectivity index (χ0) is 15.1. The summed E-state index contributed by atoms with van der Waals surface area (Å²) in [5, 5.41) is 2.74. The largest absolute Gasteiger partial charge is 0.355 e. The Hall–Kier alpha value is -0.370. The number of hydrogen-bond acceptors (Lipinski definition) is 4. The highest BCUT2D eigenvalue weighted by Crippen LogP contribution is 2.05. The number of nitrogens with zero attached hydrogens (tertiary/aromatic N) is 1. The van der Waals surface area contributed by atoms with Crippen molar-refractivity contribution in [2.75, 3.05) is 25.9 Å². The molecule has 8 heteroatoms. The van der Waals surface area contributed by atoms with Crippen LogP contribution in [-0.4, -0.2) is 50.6 Å². The number of carbonyl (C=O) groups is 1. The summed E-state index contributed by atoms with van der Waals surface area (Å²) in [6, 6.07) is -0.498. The van der Waals surface area contributed by atoms with E-state index in [1.807, 2.05) is 13.8 Å². The van der Waals surface area contributed by atoms with Crippen molar-refractivity contribution in [2.45, 2.75) is 39.7 Å². The van der Waals surface area contributed by atoms with Gasteiger partial charge in [-0.2, -0.15) is 0 Å². The van der Waals surface area contributed by atoms with Gasteiger partial charge in [-0.1, -0.05) is 27.2 Å². The third-order valence-corrected chi connectivity index (χ3v) is 4.64. The van der Waals surface area contributed by atoms with Crippen LogP contribution in [0.5, 0.6) is 0 Å². The lowest BCUT2D eigenvalue weighted by molar-refractivity contribution is -0.123. The van der Waals surface area contributed by atoms with E-state index in [-0.39, 0.29) is 24.2 Å². The van der Waals surface area contributed by atoms with Gasteiger partial charge >= 0.3 is 0 Å². The molecular weight excluding hydrogens is 302 g/mol. The maximum Gasteiger partial charge on any atom is 0.237 e. The number of carbonyl (C=O) groups excluding carboxylic acids is 1. The van der Waals surface area contributed by atoms with Gasteiger partial charge in [0.05, 0.1) is 12.3 Å². The molecule has 0 aromatic heterocycles.